The Bertz CT molecular complexity index is 1130. The number of rotatable bonds is 12. The second-order valence-electron chi connectivity index (χ2n) is 14.8. The summed E-state index contributed by atoms with van der Waals surface area (Å²) in [6.45, 7) is 20.1. The fraction of sp³-hybridized carbons (Fsp3) is 0.400. The number of hydrogen-bond donors (Lipinski definition) is 0. The van der Waals surface area contributed by atoms with Crippen molar-refractivity contribution >= 4 is 0 Å². The molecule has 0 unspecified atom stereocenters. The van der Waals surface area contributed by atoms with Gasteiger partial charge in [0.25, 0.3) is 0 Å². The third-order valence-corrected chi connectivity index (χ3v) is 17.2. The first-order valence-electron chi connectivity index (χ1n) is 15.2. The summed E-state index contributed by atoms with van der Waals surface area (Å²) in [7, 11) is 0. The third-order valence-electron chi connectivity index (χ3n) is 8.89. The zero-order chi connectivity index (χ0) is 29.8. The molecule has 0 saturated carbocycles. The number of benzene rings is 4. The average molecular weight is 585 g/mol. The summed E-state index contributed by atoms with van der Waals surface area (Å²) in [5, 5.41) is 5.10. The van der Waals surface area contributed by atoms with Gasteiger partial charge in [0.05, 0.1) is 0 Å². The summed E-state index contributed by atoms with van der Waals surface area (Å²) in [5.41, 5.74) is 6.23. The standard InChI is InChI=1S/4C10H13.Cr/c4*1-10(2,3)9-7-5-4-6-8-9;/h4*4-8H,1H2,2-3H3;. The van der Waals surface area contributed by atoms with Crippen molar-refractivity contribution in [3.8, 4) is 0 Å². The summed E-state index contributed by atoms with van der Waals surface area (Å²) in [6.07, 6.45) is 0. The molecule has 4 aromatic rings. The van der Waals surface area contributed by atoms with E-state index in [1.165, 1.54) is 43.4 Å². The van der Waals surface area contributed by atoms with Crippen LogP contribution < -0.4 is 0 Å². The van der Waals surface area contributed by atoms with Crippen LogP contribution in [0.3, 0.4) is 0 Å². The van der Waals surface area contributed by atoms with Crippen molar-refractivity contribution < 1.29 is 13.1 Å². The Morgan fingerprint density at radius 1 is 0.317 bits per heavy atom. The van der Waals surface area contributed by atoms with Crippen molar-refractivity contribution in [1.29, 1.82) is 0 Å². The molecule has 0 aliphatic carbocycles. The van der Waals surface area contributed by atoms with Crippen molar-refractivity contribution in [2.24, 2.45) is 0 Å². The van der Waals surface area contributed by atoms with Gasteiger partial charge in [-0.1, -0.05) is 0 Å². The second-order valence-corrected chi connectivity index (χ2v) is 20.4. The van der Waals surface area contributed by atoms with Gasteiger partial charge in [-0.2, -0.15) is 0 Å². The van der Waals surface area contributed by atoms with Crippen LogP contribution in [0.4, 0.5) is 0 Å². The quantitative estimate of drug-likeness (QED) is 0.155. The van der Waals surface area contributed by atoms with Crippen LogP contribution in [-0.2, 0) is 34.7 Å². The summed E-state index contributed by atoms with van der Waals surface area (Å²) in [5.74, 6) is 0. The molecule has 4 aromatic carbocycles. The molecule has 0 fully saturated rings. The molecule has 0 N–H and O–H groups in total. The normalized spacial score (nSPS) is 13.7. The van der Waals surface area contributed by atoms with Crippen LogP contribution in [0.2, 0.25) is 21.1 Å². The molecule has 0 aliphatic heterocycles. The zero-order valence-electron chi connectivity index (χ0n) is 26.8. The van der Waals surface area contributed by atoms with E-state index in [2.05, 4.69) is 177 Å². The summed E-state index contributed by atoms with van der Waals surface area (Å²) in [6, 6.07) is 45.2. The SMILES string of the molecule is CC(C)([CH2][Cr]([CH2]C(C)(C)c1ccccc1)([CH2]C(C)(C)c1ccccc1)[CH2]C(C)(C)c1ccccc1)c1ccccc1. The maximum atomic E-state index is 2.51. The predicted octanol–water partition coefficient (Wildman–Crippen LogP) is 11.7. The Morgan fingerprint density at radius 2 is 0.488 bits per heavy atom. The van der Waals surface area contributed by atoms with E-state index < -0.39 is 13.1 Å². The zero-order valence-corrected chi connectivity index (χ0v) is 28.1. The molecule has 0 saturated heterocycles. The van der Waals surface area contributed by atoms with Crippen molar-refractivity contribution in [3.05, 3.63) is 144 Å². The first kappa shape index (κ1) is 31.4. The van der Waals surface area contributed by atoms with Gasteiger partial charge in [0, 0.05) is 0 Å². The molecule has 41 heavy (non-hydrogen) atoms. The van der Waals surface area contributed by atoms with E-state index in [0.29, 0.717) is 0 Å². The molecule has 4 rings (SSSR count). The molecule has 218 valence electrons. The first-order valence-corrected chi connectivity index (χ1v) is 18.8. The van der Waals surface area contributed by atoms with Gasteiger partial charge in [0.1, 0.15) is 0 Å². The first-order chi connectivity index (χ1) is 19.2. The summed E-state index contributed by atoms with van der Waals surface area (Å²) in [4.78, 5) is 0. The van der Waals surface area contributed by atoms with Gasteiger partial charge in [-0.15, -0.1) is 0 Å². The molecule has 0 heterocycles. The van der Waals surface area contributed by atoms with Crippen LogP contribution in [0.15, 0.2) is 121 Å². The van der Waals surface area contributed by atoms with Gasteiger partial charge in [0.2, 0.25) is 0 Å². The van der Waals surface area contributed by atoms with Crippen LogP contribution >= 0.6 is 0 Å². The van der Waals surface area contributed by atoms with Crippen LogP contribution in [-0.4, -0.2) is 0 Å². The minimum absolute atomic E-state index is 0.0908. The Kier molecular flexibility index (Phi) is 9.43. The third kappa shape index (κ3) is 7.83. The number of hydrogen-bond acceptors (Lipinski definition) is 0. The van der Waals surface area contributed by atoms with Crippen LogP contribution in [0, 0.1) is 0 Å². The molecule has 0 atom stereocenters. The van der Waals surface area contributed by atoms with Crippen molar-refractivity contribution in [2.75, 3.05) is 0 Å². The second kappa shape index (κ2) is 12.3. The van der Waals surface area contributed by atoms with Gasteiger partial charge in [-0.3, -0.25) is 0 Å². The van der Waals surface area contributed by atoms with Gasteiger partial charge >= 0.3 is 255 Å². The van der Waals surface area contributed by atoms with E-state index in [1.54, 1.807) is 0 Å². The molecule has 0 radical (unpaired) electrons. The van der Waals surface area contributed by atoms with Crippen molar-refractivity contribution in [3.63, 3.8) is 0 Å². The molecule has 0 aromatic heterocycles. The maximum absolute atomic E-state index is 2.51. The molecule has 0 aliphatic rings. The van der Waals surface area contributed by atoms with Gasteiger partial charge in [0.15, 0.2) is 0 Å². The van der Waals surface area contributed by atoms with Gasteiger partial charge in [-0.25, -0.2) is 0 Å². The Hall–Kier alpha value is -2.59. The molecule has 0 spiro atoms. The van der Waals surface area contributed by atoms with Crippen LogP contribution in [0.25, 0.3) is 0 Å². The Labute approximate surface area is 253 Å². The monoisotopic (exact) mass is 584 g/mol. The van der Waals surface area contributed by atoms with E-state index in [0.717, 1.165) is 0 Å². The predicted molar refractivity (Wildman–Crippen MR) is 177 cm³/mol. The molecule has 0 nitrogen and oxygen atoms in total. The Balaban J connectivity index is 1.90. The average Bonchev–Trinajstić information content (AvgIpc) is 2.94. The molecular weight excluding hydrogens is 532 g/mol. The summed E-state index contributed by atoms with van der Waals surface area (Å²) >= 11 is -2.33. The molecule has 0 amide bonds. The molecule has 1 heteroatoms. The van der Waals surface area contributed by atoms with E-state index in [1.807, 2.05) is 0 Å². The summed E-state index contributed by atoms with van der Waals surface area (Å²) < 4.78 is 0. The minimum atomic E-state index is -2.33. The topological polar surface area (TPSA) is 0 Å². The van der Waals surface area contributed by atoms with E-state index in [-0.39, 0.29) is 21.7 Å². The molecule has 0 bridgehead atoms. The van der Waals surface area contributed by atoms with Crippen LogP contribution in [0.1, 0.15) is 77.6 Å². The fourth-order valence-electron chi connectivity index (χ4n) is 7.26. The van der Waals surface area contributed by atoms with E-state index in [9.17, 15) is 0 Å². The van der Waals surface area contributed by atoms with Crippen LogP contribution in [0.5, 0.6) is 0 Å². The van der Waals surface area contributed by atoms with Gasteiger partial charge in [-0.05, 0) is 0 Å². The van der Waals surface area contributed by atoms with E-state index in [4.69, 9.17) is 0 Å². The fourth-order valence-corrected chi connectivity index (χ4v) is 18.8. The molecular formula is C40H52Cr. The van der Waals surface area contributed by atoms with E-state index >= 15 is 0 Å². The Morgan fingerprint density at radius 3 is 0.659 bits per heavy atom. The van der Waals surface area contributed by atoms with Crippen molar-refractivity contribution in [1.82, 2.24) is 0 Å². The van der Waals surface area contributed by atoms with Gasteiger partial charge < -0.3 is 0 Å². The van der Waals surface area contributed by atoms with Crippen molar-refractivity contribution in [2.45, 2.75) is 98.2 Å².